The SMILES string of the molecule is COC1(C(NN)c2cc(Cl)cnc2N)CCCC(C)C1. The number of pyridine rings is 1. The first-order valence-corrected chi connectivity index (χ1v) is 7.32. The quantitative estimate of drug-likeness (QED) is 0.587. The molecule has 1 aliphatic carbocycles. The van der Waals surface area contributed by atoms with E-state index in [1.807, 2.05) is 6.07 Å². The number of ether oxygens (including phenoxy) is 1. The second-order valence-corrected chi connectivity index (χ2v) is 6.13. The number of nitrogens with one attached hydrogen (secondary N) is 1. The van der Waals surface area contributed by atoms with E-state index >= 15 is 0 Å². The van der Waals surface area contributed by atoms with Crippen LogP contribution in [0.1, 0.15) is 44.2 Å². The highest BCUT2D eigenvalue weighted by atomic mass is 35.5. The van der Waals surface area contributed by atoms with E-state index in [4.69, 9.17) is 27.9 Å². The molecule has 1 aliphatic rings. The van der Waals surface area contributed by atoms with E-state index < -0.39 is 0 Å². The van der Waals surface area contributed by atoms with Gasteiger partial charge in [-0.2, -0.15) is 0 Å². The second kappa shape index (κ2) is 6.26. The van der Waals surface area contributed by atoms with Gasteiger partial charge >= 0.3 is 0 Å². The first-order valence-electron chi connectivity index (χ1n) is 6.94. The number of nitrogen functional groups attached to an aromatic ring is 1. The number of nitrogens with zero attached hydrogens (tertiary/aromatic N) is 1. The molecule has 0 amide bonds. The minimum absolute atomic E-state index is 0.221. The van der Waals surface area contributed by atoms with E-state index in [-0.39, 0.29) is 11.6 Å². The van der Waals surface area contributed by atoms with Crippen LogP contribution in [0.3, 0.4) is 0 Å². The molecule has 0 bridgehead atoms. The molecular weight excluding hydrogens is 276 g/mol. The topological polar surface area (TPSA) is 86.2 Å². The van der Waals surface area contributed by atoms with E-state index in [2.05, 4.69) is 17.3 Å². The van der Waals surface area contributed by atoms with E-state index in [1.54, 1.807) is 7.11 Å². The molecule has 5 N–H and O–H groups in total. The van der Waals surface area contributed by atoms with E-state index in [0.717, 1.165) is 24.8 Å². The monoisotopic (exact) mass is 298 g/mol. The number of hydrogen-bond donors (Lipinski definition) is 3. The normalized spacial score (nSPS) is 28.3. The Kier molecular flexibility index (Phi) is 4.86. The van der Waals surface area contributed by atoms with Crippen LogP contribution in [0, 0.1) is 5.92 Å². The molecule has 1 heterocycles. The van der Waals surface area contributed by atoms with Gasteiger partial charge in [0.1, 0.15) is 5.82 Å². The van der Waals surface area contributed by atoms with Crippen LogP contribution in [0.15, 0.2) is 12.3 Å². The summed E-state index contributed by atoms with van der Waals surface area (Å²) < 4.78 is 5.88. The molecule has 112 valence electrons. The average Bonchev–Trinajstić information content (AvgIpc) is 2.43. The van der Waals surface area contributed by atoms with Crippen molar-refractivity contribution in [2.24, 2.45) is 11.8 Å². The van der Waals surface area contributed by atoms with E-state index in [0.29, 0.717) is 16.8 Å². The predicted octanol–water partition coefficient (Wildman–Crippen LogP) is 2.42. The first-order chi connectivity index (χ1) is 9.52. The van der Waals surface area contributed by atoms with Crippen molar-refractivity contribution in [3.8, 4) is 0 Å². The Morgan fingerprint density at radius 2 is 2.35 bits per heavy atom. The minimum Gasteiger partial charge on any atom is -0.383 e. The molecule has 1 aromatic rings. The molecule has 0 radical (unpaired) electrons. The molecule has 2 rings (SSSR count). The number of rotatable bonds is 4. The lowest BCUT2D eigenvalue weighted by atomic mass is 9.73. The fraction of sp³-hybridized carbons (Fsp3) is 0.643. The maximum Gasteiger partial charge on any atom is 0.128 e. The Balaban J connectivity index is 2.41. The van der Waals surface area contributed by atoms with Crippen molar-refractivity contribution in [1.82, 2.24) is 10.4 Å². The van der Waals surface area contributed by atoms with Gasteiger partial charge in [-0.05, 0) is 24.8 Å². The Labute approximate surface area is 125 Å². The summed E-state index contributed by atoms with van der Waals surface area (Å²) in [5.41, 5.74) is 9.30. The van der Waals surface area contributed by atoms with Gasteiger partial charge in [-0.3, -0.25) is 5.84 Å². The van der Waals surface area contributed by atoms with E-state index in [9.17, 15) is 0 Å². The number of aromatic nitrogens is 1. The van der Waals surface area contributed by atoms with Crippen molar-refractivity contribution in [2.75, 3.05) is 12.8 Å². The van der Waals surface area contributed by atoms with Crippen LogP contribution in [0.2, 0.25) is 5.02 Å². The fourth-order valence-electron chi connectivity index (χ4n) is 3.33. The summed E-state index contributed by atoms with van der Waals surface area (Å²) in [6, 6.07) is 1.59. The molecular formula is C14H23ClN4O. The predicted molar refractivity (Wildman–Crippen MR) is 81.1 cm³/mol. The molecule has 3 unspecified atom stereocenters. The van der Waals surface area contributed by atoms with Crippen LogP contribution in [-0.2, 0) is 4.74 Å². The molecule has 0 saturated heterocycles. The van der Waals surface area contributed by atoms with Crippen molar-refractivity contribution in [1.29, 1.82) is 0 Å². The van der Waals surface area contributed by atoms with Crippen LogP contribution < -0.4 is 17.0 Å². The third-order valence-electron chi connectivity index (χ3n) is 4.32. The van der Waals surface area contributed by atoms with Gasteiger partial charge in [0.15, 0.2) is 0 Å². The number of methoxy groups -OCH3 is 1. The van der Waals surface area contributed by atoms with Gasteiger partial charge in [0.05, 0.1) is 16.7 Å². The largest absolute Gasteiger partial charge is 0.383 e. The number of halogens is 1. The van der Waals surface area contributed by atoms with Crippen LogP contribution >= 0.6 is 11.6 Å². The van der Waals surface area contributed by atoms with Gasteiger partial charge in [0.25, 0.3) is 0 Å². The molecule has 5 nitrogen and oxygen atoms in total. The summed E-state index contributed by atoms with van der Waals surface area (Å²) in [6.45, 7) is 2.24. The van der Waals surface area contributed by atoms with Crippen molar-refractivity contribution in [3.63, 3.8) is 0 Å². The molecule has 1 fully saturated rings. The smallest absolute Gasteiger partial charge is 0.128 e. The lowest BCUT2D eigenvalue weighted by molar-refractivity contribution is -0.0805. The Hall–Kier alpha value is -0.880. The highest BCUT2D eigenvalue weighted by Crippen LogP contribution is 2.44. The van der Waals surface area contributed by atoms with Gasteiger partial charge < -0.3 is 10.5 Å². The minimum atomic E-state index is -0.368. The Bertz CT molecular complexity index is 470. The average molecular weight is 299 g/mol. The zero-order chi connectivity index (χ0) is 14.8. The summed E-state index contributed by atoms with van der Waals surface area (Å²) in [6.07, 6.45) is 5.74. The molecule has 3 atom stereocenters. The fourth-order valence-corrected chi connectivity index (χ4v) is 3.50. The zero-order valence-corrected chi connectivity index (χ0v) is 12.8. The van der Waals surface area contributed by atoms with Crippen LogP contribution in [0.5, 0.6) is 0 Å². The number of hydrogen-bond acceptors (Lipinski definition) is 5. The molecule has 6 heteroatoms. The summed E-state index contributed by atoms with van der Waals surface area (Å²) in [4.78, 5) is 4.12. The lowest BCUT2D eigenvalue weighted by Crippen LogP contribution is -2.50. The molecule has 0 aromatic carbocycles. The van der Waals surface area contributed by atoms with Gasteiger partial charge in [-0.15, -0.1) is 0 Å². The number of anilines is 1. The molecule has 0 spiro atoms. The third kappa shape index (κ3) is 2.91. The van der Waals surface area contributed by atoms with Gasteiger partial charge in [0.2, 0.25) is 0 Å². The highest BCUT2D eigenvalue weighted by molar-refractivity contribution is 6.30. The van der Waals surface area contributed by atoms with Gasteiger partial charge in [-0.1, -0.05) is 31.4 Å². The molecule has 1 aromatic heterocycles. The molecule has 0 aliphatic heterocycles. The molecule has 1 saturated carbocycles. The van der Waals surface area contributed by atoms with Gasteiger partial charge in [0, 0.05) is 18.9 Å². The van der Waals surface area contributed by atoms with Crippen molar-refractivity contribution in [3.05, 3.63) is 22.8 Å². The maximum absolute atomic E-state index is 6.05. The van der Waals surface area contributed by atoms with Crippen molar-refractivity contribution < 1.29 is 4.74 Å². The third-order valence-corrected chi connectivity index (χ3v) is 4.52. The summed E-state index contributed by atoms with van der Waals surface area (Å²) >= 11 is 6.05. The summed E-state index contributed by atoms with van der Waals surface area (Å²) in [7, 11) is 1.73. The summed E-state index contributed by atoms with van der Waals surface area (Å²) in [5, 5.41) is 0.546. The van der Waals surface area contributed by atoms with Crippen LogP contribution in [0.4, 0.5) is 5.82 Å². The summed E-state index contributed by atoms with van der Waals surface area (Å²) in [5.74, 6) is 6.83. The lowest BCUT2D eigenvalue weighted by Gasteiger charge is -2.44. The molecule has 20 heavy (non-hydrogen) atoms. The Morgan fingerprint density at radius 3 is 2.95 bits per heavy atom. The van der Waals surface area contributed by atoms with Crippen LogP contribution in [-0.4, -0.2) is 17.7 Å². The van der Waals surface area contributed by atoms with E-state index in [1.165, 1.54) is 12.6 Å². The second-order valence-electron chi connectivity index (χ2n) is 5.70. The Morgan fingerprint density at radius 1 is 1.60 bits per heavy atom. The van der Waals surface area contributed by atoms with Gasteiger partial charge in [-0.25, -0.2) is 10.4 Å². The maximum atomic E-state index is 6.05. The van der Waals surface area contributed by atoms with Crippen molar-refractivity contribution in [2.45, 2.75) is 44.2 Å². The number of nitrogens with two attached hydrogens (primary N) is 2. The van der Waals surface area contributed by atoms with Crippen molar-refractivity contribution >= 4 is 17.4 Å². The van der Waals surface area contributed by atoms with Crippen LogP contribution in [0.25, 0.3) is 0 Å². The zero-order valence-electron chi connectivity index (χ0n) is 12.0. The standard InChI is InChI=1S/C14H23ClN4O/c1-9-4-3-5-14(7-9,20-2)12(19-17)11-6-10(15)8-18-13(11)16/h6,8-9,12,19H,3-5,7,17H2,1-2H3,(H2,16,18). The first kappa shape index (κ1) is 15.5. The highest BCUT2D eigenvalue weighted by Gasteiger charge is 2.43. The number of hydrazine groups is 1.